The van der Waals surface area contributed by atoms with Crippen LogP contribution in [0.3, 0.4) is 0 Å². The van der Waals surface area contributed by atoms with E-state index in [-0.39, 0.29) is 21.1 Å². The van der Waals surface area contributed by atoms with E-state index in [0.29, 0.717) is 11.8 Å². The molecule has 1 aromatic carbocycles. The third-order valence-electron chi connectivity index (χ3n) is 3.88. The van der Waals surface area contributed by atoms with E-state index >= 15 is 0 Å². The molecule has 0 amide bonds. The quantitative estimate of drug-likeness (QED) is 0.401. The van der Waals surface area contributed by atoms with Crippen molar-refractivity contribution >= 4 is 11.4 Å². The van der Waals surface area contributed by atoms with Crippen molar-refractivity contribution in [1.29, 1.82) is 0 Å². The van der Waals surface area contributed by atoms with Crippen LogP contribution in [0.25, 0.3) is 0 Å². The van der Waals surface area contributed by atoms with Gasteiger partial charge in [-0.05, 0) is 38.0 Å². The molecule has 1 aromatic rings. The second-order valence-electron chi connectivity index (χ2n) is 5.00. The predicted molar refractivity (Wildman–Crippen MR) is 93.7 cm³/mol. The van der Waals surface area contributed by atoms with Crippen molar-refractivity contribution in [2.24, 2.45) is 16.8 Å². The first kappa shape index (κ1) is 34.3. The van der Waals surface area contributed by atoms with Gasteiger partial charge in [-0.25, -0.2) is 0 Å². The Kier molecular flexibility index (Phi) is 30.6. The third kappa shape index (κ3) is 12.1. The number of fused-ring (bicyclic) bond motifs is 1. The van der Waals surface area contributed by atoms with E-state index in [2.05, 4.69) is 58.4 Å². The van der Waals surface area contributed by atoms with Crippen molar-refractivity contribution in [2.75, 3.05) is 6.61 Å². The Morgan fingerprint density at radius 1 is 0.862 bits per heavy atom. The minimum atomic E-state index is 0. The van der Waals surface area contributed by atoms with Crippen molar-refractivity contribution in [3.05, 3.63) is 75.4 Å². The molecule has 2 aliphatic rings. The second kappa shape index (κ2) is 25.8. The van der Waals surface area contributed by atoms with Crippen LogP contribution in [-0.2, 0) is 49.1 Å². The summed E-state index contributed by atoms with van der Waals surface area (Å²) in [5.74, 6) is 2.34. The largest absolute Gasteiger partial charge is 0 e. The molecule has 0 N–H and O–H groups in total. The fraction of sp³-hybridized carbons (Fsp3) is 0.333. The molecule has 7 nitrogen and oxygen atoms in total. The molecule has 0 spiro atoms. The van der Waals surface area contributed by atoms with Crippen LogP contribution in [0.2, 0.25) is 0 Å². The minimum Gasteiger partial charge on any atom is 0 e. The number of allylic oxidation sites excluding steroid dienone is 2. The molecule has 3 rings (SSSR count). The van der Waals surface area contributed by atoms with Gasteiger partial charge in [0.2, 0.25) is 0 Å². The molecule has 0 aliphatic heterocycles. The van der Waals surface area contributed by atoms with Crippen LogP contribution in [-0.4, -0.2) is 12.3 Å². The molecule has 0 bridgehead atoms. The summed E-state index contributed by atoms with van der Waals surface area (Å²) in [5, 5.41) is 0. The monoisotopic (exact) mass is 565 g/mol. The Morgan fingerprint density at radius 3 is 1.83 bits per heavy atom. The van der Waals surface area contributed by atoms with Crippen LogP contribution >= 0.6 is 0 Å². The fourth-order valence-corrected chi connectivity index (χ4v) is 3.10. The summed E-state index contributed by atoms with van der Waals surface area (Å²) in [4.78, 5) is 4.79. The Bertz CT molecular complexity index is 654. The number of ether oxygens (including phenoxy) is 1. The van der Waals surface area contributed by atoms with Crippen LogP contribution in [0.5, 0.6) is 0 Å². The zero-order chi connectivity index (χ0) is 22.4. The standard InChI is InChI=1S/C16H19NO.5CO.W/c1-2-18-16-11-15(13-9-6-10-14(13)16)17-12-7-4-3-5-8-12;5*1-2;/h3-5,7-8,11,13-14H,2,6,9-10H2,1H3;;;;;;/t13-,14+;;;;;;/m0....../s1. The number of hydrogen-bond acceptors (Lipinski definition) is 2. The van der Waals surface area contributed by atoms with Gasteiger partial charge in [0.05, 0.1) is 12.3 Å². The van der Waals surface area contributed by atoms with Gasteiger partial charge in [-0.2, -0.15) is 0 Å². The van der Waals surface area contributed by atoms with Crippen molar-refractivity contribution in [3.63, 3.8) is 0 Å². The summed E-state index contributed by atoms with van der Waals surface area (Å²) in [5.41, 5.74) is 2.26. The number of rotatable bonds is 3. The number of nitrogens with zero attached hydrogens (tertiary/aromatic N) is 1. The van der Waals surface area contributed by atoms with E-state index in [1.165, 1.54) is 25.0 Å². The van der Waals surface area contributed by atoms with Gasteiger partial charge >= 0.3 is 56.5 Å². The Morgan fingerprint density at radius 2 is 1.34 bits per heavy atom. The van der Waals surface area contributed by atoms with E-state index in [1.807, 2.05) is 18.2 Å². The zero-order valence-electron chi connectivity index (χ0n) is 15.8. The van der Waals surface area contributed by atoms with Gasteiger partial charge in [0.25, 0.3) is 0 Å². The first-order valence-electron chi connectivity index (χ1n) is 7.88. The normalized spacial score (nSPS) is 17.9. The smallest absolute Gasteiger partial charge is 0 e. The molecular weight excluding hydrogens is 546 g/mol. The molecule has 0 aromatic heterocycles. The Labute approximate surface area is 185 Å². The summed E-state index contributed by atoms with van der Waals surface area (Å²) < 4.78 is 43.3. The summed E-state index contributed by atoms with van der Waals surface area (Å²) in [6.07, 6.45) is 5.98. The third-order valence-corrected chi connectivity index (χ3v) is 3.88. The summed E-state index contributed by atoms with van der Waals surface area (Å²) in [6, 6.07) is 10.2. The summed E-state index contributed by atoms with van der Waals surface area (Å²) in [7, 11) is 0. The van der Waals surface area contributed by atoms with Crippen molar-refractivity contribution in [1.82, 2.24) is 0 Å². The Hall–Kier alpha value is -2.18. The number of para-hydroxylation sites is 1. The van der Waals surface area contributed by atoms with Gasteiger partial charge in [-0.15, -0.1) is 0 Å². The first-order chi connectivity index (χ1) is 13.9. The van der Waals surface area contributed by atoms with Crippen LogP contribution in [0, 0.1) is 45.1 Å². The molecule has 0 radical (unpaired) electrons. The predicted octanol–water partition coefficient (Wildman–Crippen LogP) is 3.92. The number of aliphatic imine (C=N–C) groups is 1. The molecule has 2 atom stereocenters. The van der Waals surface area contributed by atoms with Gasteiger partial charge in [-0.3, -0.25) is 4.99 Å². The van der Waals surface area contributed by atoms with Crippen LogP contribution in [0.15, 0.2) is 47.2 Å². The Balaban J connectivity index is -0.000000250. The average Bonchev–Trinajstić information content (AvgIpc) is 3.41. The minimum absolute atomic E-state index is 0. The van der Waals surface area contributed by atoms with Crippen LogP contribution in [0.4, 0.5) is 5.69 Å². The fourth-order valence-electron chi connectivity index (χ4n) is 3.10. The van der Waals surface area contributed by atoms with Crippen LogP contribution < -0.4 is 0 Å². The van der Waals surface area contributed by atoms with Gasteiger partial charge in [0.1, 0.15) is 5.76 Å². The van der Waals surface area contributed by atoms with Crippen molar-refractivity contribution in [3.8, 4) is 0 Å². The number of hydrogen-bond donors (Lipinski definition) is 0. The van der Waals surface area contributed by atoms with Gasteiger partial charge in [0, 0.05) is 38.6 Å². The van der Waals surface area contributed by atoms with Gasteiger partial charge in [-0.1, -0.05) is 24.6 Å². The van der Waals surface area contributed by atoms with E-state index in [9.17, 15) is 0 Å². The van der Waals surface area contributed by atoms with E-state index in [1.54, 1.807) is 0 Å². The topological polar surface area (TPSA) is 121 Å². The molecule has 1 fully saturated rings. The van der Waals surface area contributed by atoms with Gasteiger partial charge in [0.15, 0.2) is 0 Å². The molecule has 29 heavy (non-hydrogen) atoms. The van der Waals surface area contributed by atoms with E-state index in [0.717, 1.165) is 18.1 Å². The molecular formula is C21H19NO6W. The first-order valence-corrected chi connectivity index (χ1v) is 7.88. The molecule has 0 unspecified atom stereocenters. The maximum absolute atomic E-state index is 7.50. The SMILES string of the molecule is CCOC1=CC(=Nc2ccccc2)[C@H]2CCC[C@@H]12.[C-]#[O+].[C-]#[O+].[C-]#[O+].[C-]#[O+].[C-]#[O+].[W]. The zero-order valence-corrected chi connectivity index (χ0v) is 18.7. The van der Waals surface area contributed by atoms with Gasteiger partial charge < -0.3 is 4.74 Å². The average molecular weight is 565 g/mol. The molecule has 2 aliphatic carbocycles. The maximum Gasteiger partial charge on any atom is 0 e. The van der Waals surface area contributed by atoms with Crippen LogP contribution in [0.1, 0.15) is 26.2 Å². The maximum atomic E-state index is 7.50. The summed E-state index contributed by atoms with van der Waals surface area (Å²) in [6.45, 7) is 25.3. The summed E-state index contributed by atoms with van der Waals surface area (Å²) >= 11 is 0. The molecule has 0 heterocycles. The van der Waals surface area contributed by atoms with E-state index < -0.39 is 0 Å². The van der Waals surface area contributed by atoms with Crippen molar-refractivity contribution in [2.45, 2.75) is 26.2 Å². The van der Waals surface area contributed by atoms with Crippen molar-refractivity contribution < 1.29 is 49.1 Å². The van der Waals surface area contributed by atoms with E-state index in [4.69, 9.17) is 33.0 Å². The molecule has 1 saturated carbocycles. The molecule has 8 heteroatoms. The number of benzene rings is 1. The second-order valence-corrected chi connectivity index (χ2v) is 5.00. The molecule has 150 valence electrons. The molecule has 0 saturated heterocycles.